The third-order valence-electron chi connectivity index (χ3n) is 3.97. The summed E-state index contributed by atoms with van der Waals surface area (Å²) < 4.78 is 28.0. The van der Waals surface area contributed by atoms with Crippen LogP contribution in [0.5, 0.6) is 11.5 Å². The van der Waals surface area contributed by atoms with Gasteiger partial charge in [0, 0.05) is 9.35 Å². The predicted octanol–water partition coefficient (Wildman–Crippen LogP) is 4.40. The van der Waals surface area contributed by atoms with Gasteiger partial charge < -0.3 is 15.3 Å². The molecule has 0 saturated heterocycles. The number of sulfonamides is 1. The van der Waals surface area contributed by atoms with Crippen molar-refractivity contribution in [2.75, 3.05) is 4.72 Å². The number of halogens is 1. The number of hydrogen-bond acceptors (Lipinski definition) is 6. The van der Waals surface area contributed by atoms with Gasteiger partial charge in [-0.15, -0.1) is 11.3 Å². The molecule has 0 aliphatic heterocycles. The van der Waals surface area contributed by atoms with Crippen LogP contribution in [0, 0.1) is 6.92 Å². The highest BCUT2D eigenvalue weighted by Crippen LogP contribution is 2.38. The van der Waals surface area contributed by atoms with Gasteiger partial charge in [0.15, 0.2) is 5.75 Å². The van der Waals surface area contributed by atoms with E-state index in [0.717, 1.165) is 10.4 Å². The number of carbonyl (C=O) groups is 1. The van der Waals surface area contributed by atoms with Crippen LogP contribution in [0.1, 0.15) is 15.2 Å². The van der Waals surface area contributed by atoms with Crippen LogP contribution < -0.4 is 4.72 Å². The van der Waals surface area contributed by atoms with Gasteiger partial charge in [-0.25, -0.2) is 13.2 Å². The first-order chi connectivity index (χ1) is 13.1. The first-order valence-corrected chi connectivity index (χ1v) is 10.9. The number of anilines is 1. The number of carboxylic acids is 1. The summed E-state index contributed by atoms with van der Waals surface area (Å²) in [7, 11) is -4.31. The van der Waals surface area contributed by atoms with Crippen LogP contribution in [-0.2, 0) is 10.0 Å². The van der Waals surface area contributed by atoms with E-state index in [1.807, 2.05) is 12.3 Å². The molecule has 0 fully saturated rings. The molecule has 0 unspecified atom stereocenters. The Bertz CT molecular complexity index is 1190. The van der Waals surface area contributed by atoms with Gasteiger partial charge in [-0.1, -0.05) is 15.9 Å². The van der Waals surface area contributed by atoms with Crippen LogP contribution in [0.3, 0.4) is 0 Å². The molecule has 0 radical (unpaired) electrons. The summed E-state index contributed by atoms with van der Waals surface area (Å²) in [5.41, 5.74) is 0.405. The molecule has 1 heterocycles. The Morgan fingerprint density at radius 1 is 1.14 bits per heavy atom. The lowest BCUT2D eigenvalue weighted by Gasteiger charge is -2.14. The van der Waals surface area contributed by atoms with Crippen LogP contribution in [0.4, 0.5) is 5.69 Å². The number of aromatic hydroxyl groups is 2. The number of nitrogens with one attached hydrogen (secondary N) is 1. The van der Waals surface area contributed by atoms with Crippen LogP contribution >= 0.6 is 27.3 Å². The molecule has 0 aliphatic carbocycles. The number of aryl methyl sites for hydroxylation is 1. The van der Waals surface area contributed by atoms with Gasteiger partial charge in [-0.3, -0.25) is 4.72 Å². The van der Waals surface area contributed by atoms with Crippen molar-refractivity contribution in [1.29, 1.82) is 0 Å². The van der Waals surface area contributed by atoms with Crippen LogP contribution in [0.25, 0.3) is 11.1 Å². The Morgan fingerprint density at radius 3 is 2.46 bits per heavy atom. The fourth-order valence-electron chi connectivity index (χ4n) is 2.62. The summed E-state index contributed by atoms with van der Waals surface area (Å²) in [5, 5.41) is 31.4. The lowest BCUT2D eigenvalue weighted by molar-refractivity contribution is 0.0694. The summed E-state index contributed by atoms with van der Waals surface area (Å²) in [6, 6.07) is 8.27. The number of phenolic OH excluding ortho intramolecular Hbond substituents is 1. The van der Waals surface area contributed by atoms with E-state index in [-0.39, 0.29) is 5.69 Å². The zero-order valence-electron chi connectivity index (χ0n) is 14.3. The molecular formula is C18H14BrNO6S2. The first-order valence-electron chi connectivity index (χ1n) is 7.76. The van der Waals surface area contributed by atoms with Gasteiger partial charge in [0.05, 0.1) is 5.69 Å². The van der Waals surface area contributed by atoms with Crippen LogP contribution in [-0.4, -0.2) is 29.7 Å². The maximum absolute atomic E-state index is 12.7. The molecule has 10 heteroatoms. The third kappa shape index (κ3) is 3.84. The number of rotatable bonds is 5. The number of benzene rings is 2. The molecule has 0 bridgehead atoms. The van der Waals surface area contributed by atoms with Crippen molar-refractivity contribution in [1.82, 2.24) is 0 Å². The zero-order chi connectivity index (χ0) is 20.6. The van der Waals surface area contributed by atoms with E-state index in [4.69, 9.17) is 0 Å². The number of phenols is 2. The Balaban J connectivity index is 2.16. The highest BCUT2D eigenvalue weighted by atomic mass is 79.9. The highest BCUT2D eigenvalue weighted by Gasteiger charge is 2.24. The van der Waals surface area contributed by atoms with Crippen molar-refractivity contribution >= 4 is 48.9 Å². The van der Waals surface area contributed by atoms with Gasteiger partial charge in [0.1, 0.15) is 16.2 Å². The molecule has 0 atom stereocenters. The quantitative estimate of drug-likeness (QED) is 0.398. The van der Waals surface area contributed by atoms with Gasteiger partial charge in [-0.2, -0.15) is 0 Å². The van der Waals surface area contributed by atoms with E-state index < -0.39 is 38.0 Å². The van der Waals surface area contributed by atoms with Crippen LogP contribution in [0.15, 0.2) is 51.1 Å². The molecule has 0 saturated carbocycles. The number of aromatic carboxylic acids is 1. The average Bonchev–Trinajstić information content (AvgIpc) is 3.04. The van der Waals surface area contributed by atoms with Gasteiger partial charge in [0.2, 0.25) is 0 Å². The average molecular weight is 484 g/mol. The monoisotopic (exact) mass is 483 g/mol. The summed E-state index contributed by atoms with van der Waals surface area (Å²) in [6.07, 6.45) is 0. The molecule has 3 aromatic rings. The molecule has 146 valence electrons. The van der Waals surface area contributed by atoms with E-state index in [1.165, 1.54) is 41.7 Å². The van der Waals surface area contributed by atoms with Gasteiger partial charge >= 0.3 is 5.97 Å². The maximum atomic E-state index is 12.7. The van der Waals surface area contributed by atoms with E-state index in [0.29, 0.717) is 10.0 Å². The molecule has 4 N–H and O–H groups in total. The normalized spacial score (nSPS) is 11.4. The van der Waals surface area contributed by atoms with E-state index in [1.54, 1.807) is 6.07 Å². The molecular weight excluding hydrogens is 470 g/mol. The molecule has 7 nitrogen and oxygen atoms in total. The molecule has 28 heavy (non-hydrogen) atoms. The minimum Gasteiger partial charge on any atom is -0.507 e. The second-order valence-electron chi connectivity index (χ2n) is 5.83. The zero-order valence-corrected chi connectivity index (χ0v) is 17.5. The first kappa shape index (κ1) is 20.2. The summed E-state index contributed by atoms with van der Waals surface area (Å²) in [4.78, 5) is 12.0. The fraction of sp³-hybridized carbons (Fsp3) is 0.0556. The topological polar surface area (TPSA) is 124 Å². The lowest BCUT2D eigenvalue weighted by atomic mass is 10.0. The fourth-order valence-corrected chi connectivity index (χ4v) is 5.03. The second kappa shape index (κ2) is 7.46. The highest BCUT2D eigenvalue weighted by molar-refractivity contribution is 9.10. The minimum absolute atomic E-state index is 0.306. The standard InChI is InChI=1S/C18H14BrNO6S2/c1-9-12(4-5-27-9)10-6-13(18(23)24)17(22)14(7-10)20-28(25,26)16-8-11(19)2-3-15(16)21/h2-8,20-22H,1H3,(H,23,24). The third-order valence-corrected chi connectivity index (χ3v) is 6.70. The Morgan fingerprint density at radius 2 is 1.86 bits per heavy atom. The summed E-state index contributed by atoms with van der Waals surface area (Å²) >= 11 is 4.59. The van der Waals surface area contributed by atoms with Gasteiger partial charge in [0.25, 0.3) is 10.0 Å². The minimum atomic E-state index is -4.31. The van der Waals surface area contributed by atoms with Gasteiger partial charge in [-0.05, 0) is 59.8 Å². The smallest absolute Gasteiger partial charge is 0.339 e. The number of carboxylic acid groups (broad SMARTS) is 1. The molecule has 0 aliphatic rings. The largest absolute Gasteiger partial charge is 0.507 e. The van der Waals surface area contributed by atoms with Crippen molar-refractivity contribution in [3.63, 3.8) is 0 Å². The van der Waals surface area contributed by atoms with Crippen molar-refractivity contribution in [3.05, 3.63) is 56.7 Å². The van der Waals surface area contributed by atoms with E-state index in [9.17, 15) is 28.5 Å². The lowest BCUT2D eigenvalue weighted by Crippen LogP contribution is -2.14. The molecule has 2 aromatic carbocycles. The molecule has 3 rings (SSSR count). The number of thiophene rings is 1. The molecule has 0 spiro atoms. The van der Waals surface area contributed by atoms with Crippen LogP contribution in [0.2, 0.25) is 0 Å². The summed E-state index contributed by atoms with van der Waals surface area (Å²) in [6.45, 7) is 1.84. The predicted molar refractivity (Wildman–Crippen MR) is 110 cm³/mol. The van der Waals surface area contributed by atoms with Crippen molar-refractivity contribution in [2.45, 2.75) is 11.8 Å². The molecule has 0 amide bonds. The Hall–Kier alpha value is -2.56. The second-order valence-corrected chi connectivity index (χ2v) is 9.52. The Labute approximate surface area is 173 Å². The van der Waals surface area contributed by atoms with E-state index >= 15 is 0 Å². The Kier molecular flexibility index (Phi) is 5.37. The van der Waals surface area contributed by atoms with E-state index in [2.05, 4.69) is 20.7 Å². The molecule has 1 aromatic heterocycles. The van der Waals surface area contributed by atoms with Crippen molar-refractivity contribution in [2.24, 2.45) is 0 Å². The summed E-state index contributed by atoms with van der Waals surface area (Å²) in [5.74, 6) is -2.61. The maximum Gasteiger partial charge on any atom is 0.339 e. The van der Waals surface area contributed by atoms with Crippen molar-refractivity contribution < 1.29 is 28.5 Å². The van der Waals surface area contributed by atoms with Crippen molar-refractivity contribution in [3.8, 4) is 22.6 Å². The SMILES string of the molecule is Cc1sccc1-c1cc(NS(=O)(=O)c2cc(Br)ccc2O)c(O)c(C(=O)O)c1. The number of hydrogen-bond donors (Lipinski definition) is 4.